The average molecular weight is 870 g/mol. The molecule has 13 aromatic rings. The predicted octanol–water partition coefficient (Wildman–Crippen LogP) is 15.9. The molecule has 4 aromatic heterocycles. The number of para-hydroxylation sites is 2. The summed E-state index contributed by atoms with van der Waals surface area (Å²) in [6.45, 7) is 0. The summed E-state index contributed by atoms with van der Waals surface area (Å²) < 4.78 is 9.21. The van der Waals surface area contributed by atoms with Gasteiger partial charge in [0.05, 0.1) is 16.7 Å². The van der Waals surface area contributed by atoms with E-state index >= 15 is 0 Å². The number of aromatic nitrogens is 5. The van der Waals surface area contributed by atoms with Crippen molar-refractivity contribution in [2.24, 2.45) is 0 Å². The Morgan fingerprint density at radius 1 is 0.338 bits per heavy atom. The lowest BCUT2D eigenvalue weighted by Gasteiger charge is -2.15. The van der Waals surface area contributed by atoms with E-state index in [1.807, 2.05) is 66.9 Å². The molecule has 0 aliphatic rings. The molecule has 6 nitrogen and oxygen atoms in total. The number of rotatable bonds is 8. The van der Waals surface area contributed by atoms with Crippen molar-refractivity contribution in [3.63, 3.8) is 0 Å². The number of furan rings is 1. The second kappa shape index (κ2) is 16.3. The van der Waals surface area contributed by atoms with Gasteiger partial charge in [0, 0.05) is 61.2 Å². The zero-order chi connectivity index (χ0) is 45.0. The SMILES string of the molecule is c1ccc(-c2cc(-c3ccccc3)cc(-c3cnc(-c4ccc5oc6c(ccc7c8ccccc8n(-c8ccccc8)c76)c5c4)c(-c4nc(-c5ccccc5)nc(-c5ccccc5)n4)c3)c2)cc1. The van der Waals surface area contributed by atoms with Crippen LogP contribution < -0.4 is 0 Å². The Bertz CT molecular complexity index is 3880. The smallest absolute Gasteiger partial charge is 0.166 e. The maximum atomic E-state index is 6.89. The first-order chi connectivity index (χ1) is 33.7. The predicted molar refractivity (Wildman–Crippen MR) is 277 cm³/mol. The molecule has 0 saturated heterocycles. The molecule has 13 rings (SSSR count). The van der Waals surface area contributed by atoms with Crippen molar-refractivity contribution in [3.8, 4) is 84.5 Å². The highest BCUT2D eigenvalue weighted by Crippen LogP contribution is 2.43. The van der Waals surface area contributed by atoms with Gasteiger partial charge in [-0.1, -0.05) is 164 Å². The van der Waals surface area contributed by atoms with Crippen molar-refractivity contribution in [2.75, 3.05) is 0 Å². The van der Waals surface area contributed by atoms with Gasteiger partial charge in [-0.05, 0) is 94.5 Å². The van der Waals surface area contributed by atoms with Gasteiger partial charge in [-0.15, -0.1) is 0 Å². The Morgan fingerprint density at radius 2 is 0.853 bits per heavy atom. The molecule has 0 amide bonds. The van der Waals surface area contributed by atoms with E-state index in [1.165, 1.54) is 5.39 Å². The van der Waals surface area contributed by atoms with E-state index in [-0.39, 0.29) is 0 Å². The van der Waals surface area contributed by atoms with Crippen LogP contribution in [0, 0.1) is 0 Å². The molecule has 9 aromatic carbocycles. The highest BCUT2D eigenvalue weighted by atomic mass is 16.3. The van der Waals surface area contributed by atoms with Gasteiger partial charge in [0.1, 0.15) is 5.58 Å². The first-order valence-electron chi connectivity index (χ1n) is 22.8. The van der Waals surface area contributed by atoms with Crippen molar-refractivity contribution in [2.45, 2.75) is 0 Å². The molecular formula is C62H39N5O. The number of benzene rings is 9. The van der Waals surface area contributed by atoms with Gasteiger partial charge in [0.15, 0.2) is 23.1 Å². The molecule has 0 bridgehead atoms. The van der Waals surface area contributed by atoms with Crippen LogP contribution in [0.25, 0.3) is 128 Å². The molecule has 0 fully saturated rings. The van der Waals surface area contributed by atoms with Crippen LogP contribution in [0.2, 0.25) is 0 Å². The number of pyridine rings is 1. The summed E-state index contributed by atoms with van der Waals surface area (Å²) in [5, 5.41) is 4.34. The summed E-state index contributed by atoms with van der Waals surface area (Å²) in [5.74, 6) is 1.69. The first kappa shape index (κ1) is 39.1. The lowest BCUT2D eigenvalue weighted by Crippen LogP contribution is -2.02. The summed E-state index contributed by atoms with van der Waals surface area (Å²) in [5.41, 5.74) is 15.6. The van der Waals surface area contributed by atoms with E-state index < -0.39 is 0 Å². The summed E-state index contributed by atoms with van der Waals surface area (Å²) in [6, 6.07) is 80.1. The standard InChI is InChI=1S/C62H39N5O/c1-6-18-40(19-7-1)45-34-46(41-20-8-2-9-21-41)36-47(35-45)48-38-54(62-65-60(42-22-10-3-11-23-42)64-61(66-62)43-24-12-4-13-25-43)57(63-39-48)44-30-33-56-53(37-44)52-32-31-51-50-28-16-17-29-55(50)67(58(51)59(52)68-56)49-26-14-5-15-27-49/h1-39H. The van der Waals surface area contributed by atoms with Crippen LogP contribution in [0.5, 0.6) is 0 Å². The minimum atomic E-state index is 0.524. The number of hydrogen-bond acceptors (Lipinski definition) is 5. The summed E-state index contributed by atoms with van der Waals surface area (Å²) in [7, 11) is 0. The second-order valence-electron chi connectivity index (χ2n) is 17.0. The molecule has 68 heavy (non-hydrogen) atoms. The highest BCUT2D eigenvalue weighted by Gasteiger charge is 2.22. The van der Waals surface area contributed by atoms with Crippen molar-refractivity contribution in [1.82, 2.24) is 24.5 Å². The maximum Gasteiger partial charge on any atom is 0.166 e. The third kappa shape index (κ3) is 6.82. The van der Waals surface area contributed by atoms with Gasteiger partial charge in [-0.3, -0.25) is 4.98 Å². The van der Waals surface area contributed by atoms with Crippen molar-refractivity contribution >= 4 is 43.7 Å². The van der Waals surface area contributed by atoms with Crippen LogP contribution in [0.15, 0.2) is 241 Å². The fourth-order valence-corrected chi connectivity index (χ4v) is 9.62. The second-order valence-corrected chi connectivity index (χ2v) is 17.0. The van der Waals surface area contributed by atoms with E-state index in [2.05, 4.69) is 174 Å². The van der Waals surface area contributed by atoms with Gasteiger partial charge in [-0.2, -0.15) is 0 Å². The van der Waals surface area contributed by atoms with Crippen LogP contribution in [0.3, 0.4) is 0 Å². The van der Waals surface area contributed by atoms with Crippen LogP contribution in [-0.4, -0.2) is 24.5 Å². The minimum absolute atomic E-state index is 0.524. The van der Waals surface area contributed by atoms with E-state index in [0.29, 0.717) is 17.5 Å². The van der Waals surface area contributed by atoms with Gasteiger partial charge < -0.3 is 8.98 Å². The first-order valence-corrected chi connectivity index (χ1v) is 22.8. The van der Waals surface area contributed by atoms with Crippen LogP contribution in [0.1, 0.15) is 0 Å². The third-order valence-electron chi connectivity index (χ3n) is 12.9. The van der Waals surface area contributed by atoms with Gasteiger partial charge in [0.2, 0.25) is 0 Å². The number of fused-ring (bicyclic) bond motifs is 7. The molecule has 0 aliphatic heterocycles. The molecule has 0 aliphatic carbocycles. The Morgan fingerprint density at radius 3 is 1.47 bits per heavy atom. The van der Waals surface area contributed by atoms with Gasteiger partial charge in [-0.25, -0.2) is 15.0 Å². The summed E-state index contributed by atoms with van der Waals surface area (Å²) >= 11 is 0. The van der Waals surface area contributed by atoms with E-state index in [0.717, 1.165) is 105 Å². The topological polar surface area (TPSA) is 69.6 Å². The molecule has 318 valence electrons. The molecule has 0 saturated carbocycles. The molecule has 0 spiro atoms. The van der Waals surface area contributed by atoms with Crippen LogP contribution in [-0.2, 0) is 0 Å². The molecule has 0 atom stereocenters. The van der Waals surface area contributed by atoms with Gasteiger partial charge >= 0.3 is 0 Å². The molecule has 0 unspecified atom stereocenters. The molecule has 4 heterocycles. The molecule has 0 radical (unpaired) electrons. The zero-order valence-corrected chi connectivity index (χ0v) is 36.7. The van der Waals surface area contributed by atoms with Crippen LogP contribution in [0.4, 0.5) is 0 Å². The quantitative estimate of drug-likeness (QED) is 0.152. The summed E-state index contributed by atoms with van der Waals surface area (Å²) in [4.78, 5) is 21.0. The summed E-state index contributed by atoms with van der Waals surface area (Å²) in [6.07, 6.45) is 1.98. The van der Waals surface area contributed by atoms with E-state index in [9.17, 15) is 0 Å². The van der Waals surface area contributed by atoms with Crippen molar-refractivity contribution in [3.05, 3.63) is 237 Å². The Labute approximate surface area is 392 Å². The van der Waals surface area contributed by atoms with Crippen LogP contribution >= 0.6 is 0 Å². The fraction of sp³-hybridized carbons (Fsp3) is 0. The Balaban J connectivity index is 1.05. The van der Waals surface area contributed by atoms with Crippen molar-refractivity contribution < 1.29 is 4.42 Å². The number of nitrogens with zero attached hydrogens (tertiary/aromatic N) is 5. The fourth-order valence-electron chi connectivity index (χ4n) is 9.62. The monoisotopic (exact) mass is 869 g/mol. The molecule has 6 heteroatoms. The third-order valence-corrected chi connectivity index (χ3v) is 12.9. The average Bonchev–Trinajstić information content (AvgIpc) is 3.97. The van der Waals surface area contributed by atoms with Gasteiger partial charge in [0.25, 0.3) is 0 Å². The number of hydrogen-bond donors (Lipinski definition) is 0. The Hall–Kier alpha value is -9.26. The lowest BCUT2D eigenvalue weighted by atomic mass is 9.92. The zero-order valence-electron chi connectivity index (χ0n) is 36.7. The highest BCUT2D eigenvalue weighted by molar-refractivity contribution is 6.21. The normalized spacial score (nSPS) is 11.5. The molecular weight excluding hydrogens is 831 g/mol. The lowest BCUT2D eigenvalue weighted by molar-refractivity contribution is 0.671. The molecule has 0 N–H and O–H groups in total. The van der Waals surface area contributed by atoms with E-state index in [4.69, 9.17) is 24.4 Å². The Kier molecular flexibility index (Phi) is 9.39. The largest absolute Gasteiger partial charge is 0.454 e. The maximum absolute atomic E-state index is 6.89. The minimum Gasteiger partial charge on any atom is -0.454 e. The van der Waals surface area contributed by atoms with Crippen molar-refractivity contribution in [1.29, 1.82) is 0 Å². The van der Waals surface area contributed by atoms with E-state index in [1.54, 1.807) is 0 Å².